The third kappa shape index (κ3) is 5.66. The first-order valence-electron chi connectivity index (χ1n) is 10.8. The van der Waals surface area contributed by atoms with E-state index in [1.807, 2.05) is 0 Å². The summed E-state index contributed by atoms with van der Waals surface area (Å²) in [5.74, 6) is 0.947. The van der Waals surface area contributed by atoms with Crippen molar-refractivity contribution in [2.24, 2.45) is 4.99 Å². The van der Waals surface area contributed by atoms with E-state index in [9.17, 15) is 18.8 Å². The van der Waals surface area contributed by atoms with E-state index in [1.165, 1.54) is 41.9 Å². The number of hydrogen-bond donors (Lipinski definition) is 1. The number of rotatable bonds is 7. The van der Waals surface area contributed by atoms with Crippen LogP contribution in [0.3, 0.4) is 0 Å². The van der Waals surface area contributed by atoms with Gasteiger partial charge in [-0.15, -0.1) is 29.5 Å². The lowest BCUT2D eigenvalue weighted by molar-refractivity contribution is -0.115. The van der Waals surface area contributed by atoms with Crippen molar-refractivity contribution >= 4 is 67.4 Å². The van der Waals surface area contributed by atoms with Crippen molar-refractivity contribution in [3.63, 3.8) is 0 Å². The number of esters is 1. The van der Waals surface area contributed by atoms with Gasteiger partial charge in [-0.2, -0.15) is 4.99 Å². The minimum absolute atomic E-state index is 0.0170. The Hall–Kier alpha value is -2.94. The maximum absolute atomic E-state index is 13.6. The zero-order valence-corrected chi connectivity index (χ0v) is 21.3. The number of nitrogens with one attached hydrogen (secondary N) is 1. The summed E-state index contributed by atoms with van der Waals surface area (Å²) < 4.78 is 20.8. The predicted molar refractivity (Wildman–Crippen MR) is 137 cm³/mol. The van der Waals surface area contributed by atoms with E-state index in [2.05, 4.69) is 16.2 Å². The number of halogens is 1. The molecular weight excluding hydrogens is 509 g/mol. The van der Waals surface area contributed by atoms with Crippen LogP contribution in [0.4, 0.5) is 9.39 Å². The molecule has 2 aromatic heterocycles. The molecule has 1 N–H and O–H groups in total. The van der Waals surface area contributed by atoms with Gasteiger partial charge in [0.05, 0.1) is 40.9 Å². The lowest BCUT2D eigenvalue weighted by atomic mass is 9.95. The van der Waals surface area contributed by atoms with Crippen molar-refractivity contribution in [3.05, 3.63) is 44.8 Å². The van der Waals surface area contributed by atoms with E-state index in [-0.39, 0.29) is 29.8 Å². The fraction of sp³-hybridized carbons (Fsp3) is 0.333. The molecule has 35 heavy (non-hydrogen) atoms. The highest BCUT2D eigenvalue weighted by Gasteiger charge is 2.26. The molecule has 0 saturated heterocycles. The van der Waals surface area contributed by atoms with Crippen LogP contribution in [0.5, 0.6) is 0 Å². The van der Waals surface area contributed by atoms with Gasteiger partial charge in [0.1, 0.15) is 10.8 Å². The topological polar surface area (TPSA) is 89.8 Å². The third-order valence-corrected chi connectivity index (χ3v) is 8.55. The van der Waals surface area contributed by atoms with Gasteiger partial charge in [-0.25, -0.2) is 9.18 Å². The van der Waals surface area contributed by atoms with Crippen molar-refractivity contribution in [1.82, 2.24) is 4.57 Å². The lowest BCUT2D eigenvalue weighted by Crippen LogP contribution is -2.19. The maximum Gasteiger partial charge on any atom is 0.341 e. The maximum atomic E-state index is 13.6. The van der Waals surface area contributed by atoms with Crippen LogP contribution in [-0.2, 0) is 33.7 Å². The second-order valence-corrected chi connectivity index (χ2v) is 10.8. The quantitative estimate of drug-likeness (QED) is 0.368. The Balaban J connectivity index is 1.41. The van der Waals surface area contributed by atoms with E-state index < -0.39 is 11.9 Å². The molecule has 0 aliphatic heterocycles. The van der Waals surface area contributed by atoms with Crippen LogP contribution in [0.1, 0.15) is 33.6 Å². The number of carbonyl (C=O) groups is 3. The summed E-state index contributed by atoms with van der Waals surface area (Å²) in [6.07, 6.45) is 9.17. The first-order valence-corrected chi connectivity index (χ1v) is 13.6. The molecule has 0 radical (unpaired) electrons. The average Bonchev–Trinajstić information content (AvgIpc) is 3.35. The zero-order chi connectivity index (χ0) is 24.9. The molecule has 0 saturated carbocycles. The highest BCUT2D eigenvalue weighted by atomic mass is 32.2. The third-order valence-electron chi connectivity index (χ3n) is 5.39. The average molecular weight is 532 g/mol. The van der Waals surface area contributed by atoms with Gasteiger partial charge in [-0.3, -0.25) is 9.59 Å². The molecule has 3 aromatic rings. The summed E-state index contributed by atoms with van der Waals surface area (Å²) in [6, 6.07) is 4.31. The highest BCUT2D eigenvalue weighted by Crippen LogP contribution is 2.38. The minimum atomic E-state index is -0.454. The second kappa shape index (κ2) is 11.2. The summed E-state index contributed by atoms with van der Waals surface area (Å²) in [4.78, 5) is 42.9. The molecule has 1 aromatic carbocycles. The normalized spacial score (nSPS) is 13.3. The number of carbonyl (C=O) groups excluding carboxylic acids is 3. The number of anilines is 1. The number of thiophene rings is 1. The number of methoxy groups -OCH3 is 1. The van der Waals surface area contributed by atoms with Gasteiger partial charge in [-0.1, -0.05) is 17.3 Å². The van der Waals surface area contributed by atoms with Crippen molar-refractivity contribution in [2.75, 3.05) is 23.9 Å². The smallest absolute Gasteiger partial charge is 0.341 e. The van der Waals surface area contributed by atoms with Gasteiger partial charge in [0, 0.05) is 4.88 Å². The predicted octanol–water partition coefficient (Wildman–Crippen LogP) is 4.00. The van der Waals surface area contributed by atoms with Crippen LogP contribution >= 0.6 is 34.4 Å². The van der Waals surface area contributed by atoms with Crippen molar-refractivity contribution in [2.45, 2.75) is 32.2 Å². The van der Waals surface area contributed by atoms with E-state index in [0.29, 0.717) is 25.6 Å². The van der Waals surface area contributed by atoms with E-state index in [4.69, 9.17) is 11.2 Å². The van der Waals surface area contributed by atoms with Gasteiger partial charge >= 0.3 is 5.97 Å². The van der Waals surface area contributed by atoms with Gasteiger partial charge in [0.15, 0.2) is 4.80 Å². The van der Waals surface area contributed by atoms with Gasteiger partial charge in [0.2, 0.25) is 5.91 Å². The molecule has 0 bridgehead atoms. The number of aryl methyl sites for hydroxylation is 1. The number of nitrogens with zero attached hydrogens (tertiary/aromatic N) is 2. The summed E-state index contributed by atoms with van der Waals surface area (Å²) in [7, 11) is 1.33. The van der Waals surface area contributed by atoms with Crippen LogP contribution in [-0.4, -0.2) is 41.0 Å². The minimum Gasteiger partial charge on any atom is -0.465 e. The number of benzene rings is 1. The Kier molecular flexibility index (Phi) is 8.05. The van der Waals surface area contributed by atoms with Crippen LogP contribution in [0.2, 0.25) is 0 Å². The van der Waals surface area contributed by atoms with Gasteiger partial charge in [0.25, 0.3) is 5.91 Å². The Morgan fingerprint density at radius 1 is 1.26 bits per heavy atom. The second-order valence-electron chi connectivity index (χ2n) is 7.74. The fourth-order valence-corrected chi connectivity index (χ4v) is 6.85. The summed E-state index contributed by atoms with van der Waals surface area (Å²) in [5, 5.41) is 3.31. The molecule has 0 fully saturated rings. The Bertz CT molecular complexity index is 1410. The molecule has 0 spiro atoms. The number of hydrogen-bond acceptors (Lipinski definition) is 7. The van der Waals surface area contributed by atoms with E-state index in [1.54, 1.807) is 10.6 Å². The van der Waals surface area contributed by atoms with Crippen LogP contribution in [0.25, 0.3) is 10.2 Å². The Morgan fingerprint density at radius 3 is 2.83 bits per heavy atom. The molecule has 0 atom stereocenters. The monoisotopic (exact) mass is 531 g/mol. The van der Waals surface area contributed by atoms with Crippen LogP contribution in [0, 0.1) is 18.2 Å². The molecule has 0 unspecified atom stereocenters. The number of aromatic nitrogens is 1. The van der Waals surface area contributed by atoms with Gasteiger partial charge < -0.3 is 14.6 Å². The van der Waals surface area contributed by atoms with E-state index in [0.717, 1.165) is 47.9 Å². The molecule has 11 heteroatoms. The van der Waals surface area contributed by atoms with Crippen molar-refractivity contribution < 1.29 is 23.5 Å². The summed E-state index contributed by atoms with van der Waals surface area (Å²) in [6.45, 7) is 0.195. The van der Waals surface area contributed by atoms with E-state index >= 15 is 0 Å². The lowest BCUT2D eigenvalue weighted by Gasteiger charge is -2.11. The first kappa shape index (κ1) is 25.2. The Morgan fingerprint density at radius 2 is 2.06 bits per heavy atom. The van der Waals surface area contributed by atoms with Crippen molar-refractivity contribution in [3.8, 4) is 12.3 Å². The SMILES string of the molecule is C#CCn1c(=NC(=O)CSCC(=O)Nc2sc3c(c2C(=O)OC)CCCC3)sc2cc(F)ccc21. The number of thioether (sulfide) groups is 1. The van der Waals surface area contributed by atoms with Gasteiger partial charge in [-0.05, 0) is 49.4 Å². The fourth-order valence-electron chi connectivity index (χ4n) is 3.88. The first-order chi connectivity index (χ1) is 16.9. The number of terminal acetylenes is 1. The number of thiazole rings is 1. The summed E-state index contributed by atoms with van der Waals surface area (Å²) >= 11 is 3.71. The van der Waals surface area contributed by atoms with Crippen molar-refractivity contribution in [1.29, 1.82) is 0 Å². The number of amides is 2. The number of fused-ring (bicyclic) bond motifs is 2. The molecule has 7 nitrogen and oxygen atoms in total. The molecule has 182 valence electrons. The molecule has 1 aliphatic rings. The molecule has 2 amide bonds. The Labute approximate surface area is 213 Å². The summed E-state index contributed by atoms with van der Waals surface area (Å²) in [5.41, 5.74) is 2.11. The molecule has 1 aliphatic carbocycles. The van der Waals surface area contributed by atoms with Crippen LogP contribution < -0.4 is 10.1 Å². The number of ether oxygens (including phenoxy) is 1. The zero-order valence-electron chi connectivity index (χ0n) is 18.9. The standard InChI is InChI=1S/C24H22FN3O4S3/c1-3-10-28-16-9-8-14(25)11-18(16)35-24(28)27-20(30)13-33-12-19(29)26-22-21(23(31)32-2)15-6-4-5-7-17(15)34-22/h1,8-9,11H,4-7,10,12-13H2,2H3,(H,26,29). The van der Waals surface area contributed by atoms with Crippen LogP contribution in [0.15, 0.2) is 23.2 Å². The highest BCUT2D eigenvalue weighted by molar-refractivity contribution is 8.00. The largest absolute Gasteiger partial charge is 0.465 e. The molecular formula is C24H22FN3O4S3. The molecule has 4 rings (SSSR count). The molecule has 2 heterocycles.